The summed E-state index contributed by atoms with van der Waals surface area (Å²) in [5.41, 5.74) is -0.907. The normalized spacial score (nSPS) is 12.9. The van der Waals surface area contributed by atoms with Gasteiger partial charge < -0.3 is 14.6 Å². The summed E-state index contributed by atoms with van der Waals surface area (Å²) >= 11 is 1.61. The SMILES string of the molecule is C/C(=C\c1ccc(CCC(C)C)s1)C(=O)c1c(O)cc(C(C)CC/C=C/NC(=O)O)oc1=O. The second kappa shape index (κ2) is 12.2. The summed E-state index contributed by atoms with van der Waals surface area (Å²) in [6.45, 7) is 7.79. The van der Waals surface area contributed by atoms with Crippen LogP contribution in [0.5, 0.6) is 5.75 Å². The van der Waals surface area contributed by atoms with Gasteiger partial charge in [0.15, 0.2) is 5.78 Å². The van der Waals surface area contributed by atoms with Gasteiger partial charge in [0.05, 0.1) is 0 Å². The van der Waals surface area contributed by atoms with Crippen molar-refractivity contribution in [2.24, 2.45) is 5.92 Å². The number of carbonyl (C=O) groups excluding carboxylic acids is 1. The lowest BCUT2D eigenvalue weighted by atomic mass is 10.00. The van der Waals surface area contributed by atoms with Gasteiger partial charge in [-0.3, -0.25) is 10.1 Å². The van der Waals surface area contributed by atoms with E-state index in [2.05, 4.69) is 19.2 Å². The van der Waals surface area contributed by atoms with E-state index in [-0.39, 0.29) is 17.2 Å². The van der Waals surface area contributed by atoms with Gasteiger partial charge in [-0.05, 0) is 62.3 Å². The minimum Gasteiger partial charge on any atom is -0.507 e. The van der Waals surface area contributed by atoms with Gasteiger partial charge in [-0.15, -0.1) is 11.3 Å². The largest absolute Gasteiger partial charge is 0.507 e. The number of nitrogens with one attached hydrogen (secondary N) is 1. The Morgan fingerprint density at radius 3 is 2.58 bits per heavy atom. The Bertz CT molecular complexity index is 1090. The van der Waals surface area contributed by atoms with E-state index >= 15 is 0 Å². The highest BCUT2D eigenvalue weighted by atomic mass is 32.1. The zero-order valence-electron chi connectivity index (χ0n) is 19.4. The zero-order valence-corrected chi connectivity index (χ0v) is 20.2. The van der Waals surface area contributed by atoms with Crippen molar-refractivity contribution in [3.63, 3.8) is 0 Å². The van der Waals surface area contributed by atoms with E-state index in [0.717, 1.165) is 17.7 Å². The van der Waals surface area contributed by atoms with E-state index in [0.29, 0.717) is 24.3 Å². The van der Waals surface area contributed by atoms with Crippen LogP contribution in [-0.4, -0.2) is 22.1 Å². The maximum Gasteiger partial charge on any atom is 0.408 e. The van der Waals surface area contributed by atoms with Gasteiger partial charge in [-0.2, -0.15) is 0 Å². The van der Waals surface area contributed by atoms with Crippen molar-refractivity contribution in [3.05, 3.63) is 67.5 Å². The Kier molecular flexibility index (Phi) is 9.66. The smallest absolute Gasteiger partial charge is 0.408 e. The molecule has 0 radical (unpaired) electrons. The van der Waals surface area contributed by atoms with Gasteiger partial charge in [0.25, 0.3) is 0 Å². The Labute approximate surface area is 197 Å². The van der Waals surface area contributed by atoms with E-state index in [1.807, 2.05) is 19.1 Å². The van der Waals surface area contributed by atoms with Crippen LogP contribution in [-0.2, 0) is 6.42 Å². The number of hydrogen-bond donors (Lipinski definition) is 3. The molecule has 2 aromatic rings. The molecule has 1 amide bonds. The molecule has 178 valence electrons. The van der Waals surface area contributed by atoms with Crippen LogP contribution in [0.25, 0.3) is 6.08 Å². The molecule has 33 heavy (non-hydrogen) atoms. The fourth-order valence-electron chi connectivity index (χ4n) is 3.17. The average molecular weight is 474 g/mol. The van der Waals surface area contributed by atoms with Crippen LogP contribution in [0.3, 0.4) is 0 Å². The standard InChI is InChI=1S/C25H31NO6S/c1-15(2)8-9-18-10-11-19(33-18)13-17(4)23(28)22-20(27)14-21(32-24(22)29)16(3)7-5-6-12-26-25(30)31/h6,10-16,26-27H,5,7-9H2,1-4H3,(H,30,31)/b12-6+,17-13+. The van der Waals surface area contributed by atoms with Crippen molar-refractivity contribution in [3.8, 4) is 5.75 Å². The first-order valence-corrected chi connectivity index (χ1v) is 11.7. The molecule has 0 spiro atoms. The third kappa shape index (κ3) is 8.05. The fourth-order valence-corrected chi connectivity index (χ4v) is 4.20. The number of carbonyl (C=O) groups is 2. The first-order chi connectivity index (χ1) is 15.6. The number of rotatable bonds is 11. The third-order valence-corrected chi connectivity index (χ3v) is 6.21. The van der Waals surface area contributed by atoms with E-state index in [9.17, 15) is 19.5 Å². The molecule has 0 aliphatic rings. The predicted octanol–water partition coefficient (Wildman–Crippen LogP) is 5.95. The van der Waals surface area contributed by atoms with Crippen LogP contribution in [0, 0.1) is 5.92 Å². The molecular weight excluding hydrogens is 442 g/mol. The van der Waals surface area contributed by atoms with Gasteiger partial charge in [0.1, 0.15) is 17.1 Å². The van der Waals surface area contributed by atoms with Gasteiger partial charge in [0.2, 0.25) is 0 Å². The van der Waals surface area contributed by atoms with Crippen LogP contribution in [0.2, 0.25) is 0 Å². The Hall–Kier alpha value is -3.13. The van der Waals surface area contributed by atoms with Gasteiger partial charge in [-0.25, -0.2) is 9.59 Å². The first-order valence-electron chi connectivity index (χ1n) is 10.9. The summed E-state index contributed by atoms with van der Waals surface area (Å²) in [7, 11) is 0. The Morgan fingerprint density at radius 1 is 1.21 bits per heavy atom. The van der Waals surface area contributed by atoms with Crippen molar-refractivity contribution in [1.82, 2.24) is 5.32 Å². The van der Waals surface area contributed by atoms with Crippen LogP contribution in [0.1, 0.15) is 78.7 Å². The molecule has 3 N–H and O–H groups in total. The van der Waals surface area contributed by atoms with Crippen molar-refractivity contribution in [2.75, 3.05) is 0 Å². The number of hydrogen-bond acceptors (Lipinski definition) is 6. The van der Waals surface area contributed by atoms with Crippen LogP contribution in [0.15, 0.2) is 45.3 Å². The predicted molar refractivity (Wildman–Crippen MR) is 130 cm³/mol. The minimum absolute atomic E-state index is 0.214. The van der Waals surface area contributed by atoms with Crippen molar-refractivity contribution in [1.29, 1.82) is 0 Å². The lowest BCUT2D eigenvalue weighted by Gasteiger charge is -2.11. The second-order valence-corrected chi connectivity index (χ2v) is 9.62. The Morgan fingerprint density at radius 2 is 1.94 bits per heavy atom. The van der Waals surface area contributed by atoms with Crippen molar-refractivity contribution >= 4 is 29.3 Å². The summed E-state index contributed by atoms with van der Waals surface area (Å²) in [5.74, 6) is -0.303. The van der Waals surface area contributed by atoms with Crippen LogP contribution >= 0.6 is 11.3 Å². The molecule has 7 nitrogen and oxygen atoms in total. The topological polar surface area (TPSA) is 117 Å². The number of allylic oxidation sites excluding steroid dienone is 2. The molecule has 0 fully saturated rings. The molecule has 2 rings (SSSR count). The molecule has 1 unspecified atom stereocenters. The third-order valence-electron chi connectivity index (χ3n) is 5.12. The van der Waals surface area contributed by atoms with E-state index in [1.54, 1.807) is 30.4 Å². The second-order valence-electron chi connectivity index (χ2n) is 8.42. The van der Waals surface area contributed by atoms with E-state index in [1.165, 1.54) is 17.1 Å². The number of thiophene rings is 1. The van der Waals surface area contributed by atoms with Crippen molar-refractivity contribution in [2.45, 2.75) is 59.3 Å². The summed E-state index contributed by atoms with van der Waals surface area (Å²) < 4.78 is 5.33. The summed E-state index contributed by atoms with van der Waals surface area (Å²) in [6.07, 6.45) is 6.71. The molecule has 0 saturated carbocycles. The Balaban J connectivity index is 2.11. The van der Waals surface area contributed by atoms with Crippen molar-refractivity contribution < 1.29 is 24.2 Å². The molecule has 0 aliphatic carbocycles. The summed E-state index contributed by atoms with van der Waals surface area (Å²) in [5, 5.41) is 21.0. The number of carboxylic acid groups (broad SMARTS) is 1. The molecule has 2 heterocycles. The lowest BCUT2D eigenvalue weighted by molar-refractivity contribution is 0.102. The summed E-state index contributed by atoms with van der Waals surface area (Å²) in [6, 6.07) is 5.30. The van der Waals surface area contributed by atoms with Crippen LogP contribution < -0.4 is 10.9 Å². The van der Waals surface area contributed by atoms with Gasteiger partial charge in [0, 0.05) is 27.9 Å². The van der Waals surface area contributed by atoms with Crippen LogP contribution in [0.4, 0.5) is 4.79 Å². The molecule has 0 aliphatic heterocycles. The maximum atomic E-state index is 12.8. The minimum atomic E-state index is -1.15. The monoisotopic (exact) mass is 473 g/mol. The van der Waals surface area contributed by atoms with Gasteiger partial charge >= 0.3 is 11.7 Å². The van der Waals surface area contributed by atoms with E-state index < -0.39 is 23.3 Å². The fraction of sp³-hybridized carbons (Fsp3) is 0.400. The number of ketones is 1. The highest BCUT2D eigenvalue weighted by molar-refractivity contribution is 7.12. The molecule has 0 saturated heterocycles. The highest BCUT2D eigenvalue weighted by Crippen LogP contribution is 2.27. The van der Waals surface area contributed by atoms with Gasteiger partial charge in [-0.1, -0.05) is 26.8 Å². The number of aromatic hydroxyl groups is 1. The number of amides is 1. The molecule has 0 bridgehead atoms. The average Bonchev–Trinajstić information content (AvgIpc) is 3.18. The highest BCUT2D eigenvalue weighted by Gasteiger charge is 2.22. The molecule has 0 aromatic carbocycles. The summed E-state index contributed by atoms with van der Waals surface area (Å²) in [4.78, 5) is 37.9. The zero-order chi connectivity index (χ0) is 24.5. The molecule has 1 atom stereocenters. The number of aryl methyl sites for hydroxylation is 1. The first kappa shape index (κ1) is 26.1. The molecule has 8 heteroatoms. The maximum absolute atomic E-state index is 12.8. The molecular formula is C25H31NO6S. The number of Topliss-reactive ketones (excluding diaryl/α,β-unsaturated/α-hetero) is 1. The van der Waals surface area contributed by atoms with E-state index in [4.69, 9.17) is 9.52 Å². The quantitative estimate of drug-likeness (QED) is 0.274. The lowest BCUT2D eigenvalue weighted by Crippen LogP contribution is -2.16. The molecule has 2 aromatic heterocycles.